The van der Waals surface area contributed by atoms with E-state index >= 15 is 0 Å². The van der Waals surface area contributed by atoms with E-state index in [2.05, 4.69) is 10.3 Å². The van der Waals surface area contributed by atoms with Crippen LogP contribution in [0.25, 0.3) is 0 Å². The van der Waals surface area contributed by atoms with Crippen molar-refractivity contribution in [3.8, 4) is 5.88 Å². The molecule has 0 bridgehead atoms. The molecule has 0 aliphatic rings. The van der Waals surface area contributed by atoms with Crippen LogP contribution in [-0.2, 0) is 11.0 Å². The topological polar surface area (TPSA) is 77.2 Å². The minimum Gasteiger partial charge on any atom is -0.475 e. The van der Waals surface area contributed by atoms with E-state index in [1.54, 1.807) is 6.92 Å². The molecule has 9 heteroatoms. The van der Waals surface area contributed by atoms with Gasteiger partial charge in [-0.25, -0.2) is 4.98 Å². The molecule has 1 atom stereocenters. The minimum atomic E-state index is -4.51. The third-order valence-corrected chi connectivity index (χ3v) is 2.58. The van der Waals surface area contributed by atoms with Crippen molar-refractivity contribution < 1.29 is 22.7 Å². The van der Waals surface area contributed by atoms with Crippen LogP contribution in [0, 0.1) is 0 Å². The smallest absolute Gasteiger partial charge is 0.417 e. The van der Waals surface area contributed by atoms with E-state index in [4.69, 9.17) is 22.1 Å². The number of ether oxygens (including phenoxy) is 1. The van der Waals surface area contributed by atoms with Gasteiger partial charge in [0.2, 0.25) is 11.8 Å². The molecule has 1 heterocycles. The zero-order valence-corrected chi connectivity index (χ0v) is 12.0. The Morgan fingerprint density at radius 1 is 1.57 bits per heavy atom. The van der Waals surface area contributed by atoms with Gasteiger partial charge in [0, 0.05) is 18.7 Å². The quantitative estimate of drug-likeness (QED) is 0.784. The first kappa shape index (κ1) is 17.5. The van der Waals surface area contributed by atoms with Gasteiger partial charge in [0.05, 0.1) is 12.1 Å². The van der Waals surface area contributed by atoms with Gasteiger partial charge in [-0.2, -0.15) is 13.2 Å². The molecule has 0 radical (unpaired) electrons. The highest BCUT2D eigenvalue weighted by atomic mass is 35.5. The summed E-state index contributed by atoms with van der Waals surface area (Å²) in [5.74, 6) is -0.355. The molecule has 1 aromatic heterocycles. The maximum absolute atomic E-state index is 12.4. The second-order valence-corrected chi connectivity index (χ2v) is 4.80. The number of rotatable bonds is 6. The monoisotopic (exact) mass is 325 g/mol. The molecule has 0 saturated carbocycles. The number of hydrogen-bond donors (Lipinski definition) is 2. The summed E-state index contributed by atoms with van der Waals surface area (Å²) in [4.78, 5) is 14.8. The van der Waals surface area contributed by atoms with E-state index in [9.17, 15) is 18.0 Å². The van der Waals surface area contributed by atoms with E-state index in [1.165, 1.54) is 0 Å². The first-order valence-corrected chi connectivity index (χ1v) is 6.45. The summed E-state index contributed by atoms with van der Waals surface area (Å²) in [7, 11) is 0. The van der Waals surface area contributed by atoms with Gasteiger partial charge in [0.1, 0.15) is 11.6 Å². The first-order chi connectivity index (χ1) is 9.70. The van der Waals surface area contributed by atoms with Crippen LogP contribution in [0.1, 0.15) is 18.9 Å². The Kier molecular flexibility index (Phi) is 6.22. The summed E-state index contributed by atoms with van der Waals surface area (Å²) in [6.07, 6.45) is -3.70. The summed E-state index contributed by atoms with van der Waals surface area (Å²) in [6.45, 7) is 1.90. The standard InChI is InChI=1S/C12H15ClF3N3O2/c1-7(17)4-10(20)18-2-3-21-11-9(13)5-8(6-19-11)12(14,15)16/h5-7H,2-4,17H2,1H3,(H,18,20). The van der Waals surface area contributed by atoms with Crippen LogP contribution < -0.4 is 15.8 Å². The number of halogens is 4. The van der Waals surface area contributed by atoms with Crippen molar-refractivity contribution in [2.24, 2.45) is 5.73 Å². The van der Waals surface area contributed by atoms with E-state index < -0.39 is 11.7 Å². The number of nitrogens with zero attached hydrogens (tertiary/aromatic N) is 1. The Balaban J connectivity index is 2.45. The zero-order valence-electron chi connectivity index (χ0n) is 11.2. The lowest BCUT2D eigenvalue weighted by Gasteiger charge is -2.11. The van der Waals surface area contributed by atoms with Gasteiger partial charge in [-0.05, 0) is 13.0 Å². The molecular weight excluding hydrogens is 311 g/mol. The molecule has 0 aliphatic heterocycles. The van der Waals surface area contributed by atoms with Gasteiger partial charge in [0.15, 0.2) is 0 Å². The number of nitrogens with two attached hydrogens (primary N) is 1. The molecule has 118 valence electrons. The van der Waals surface area contributed by atoms with Gasteiger partial charge in [0.25, 0.3) is 0 Å². The Labute approximate surface area is 124 Å². The second-order valence-electron chi connectivity index (χ2n) is 4.39. The predicted molar refractivity (Wildman–Crippen MR) is 71.0 cm³/mol. The summed E-state index contributed by atoms with van der Waals surface area (Å²) in [5, 5.41) is 2.30. The fourth-order valence-electron chi connectivity index (χ4n) is 1.39. The number of amides is 1. The average molecular weight is 326 g/mol. The van der Waals surface area contributed by atoms with Gasteiger partial charge in [-0.3, -0.25) is 4.79 Å². The van der Waals surface area contributed by atoms with Gasteiger partial charge < -0.3 is 15.8 Å². The first-order valence-electron chi connectivity index (χ1n) is 6.08. The molecule has 0 saturated heterocycles. The van der Waals surface area contributed by atoms with Crippen LogP contribution in [0.2, 0.25) is 5.02 Å². The van der Waals surface area contributed by atoms with Crippen LogP contribution in [0.5, 0.6) is 5.88 Å². The fourth-order valence-corrected chi connectivity index (χ4v) is 1.61. The van der Waals surface area contributed by atoms with E-state index in [0.717, 1.165) is 6.07 Å². The number of nitrogens with one attached hydrogen (secondary N) is 1. The summed E-state index contributed by atoms with van der Waals surface area (Å²) in [5.41, 5.74) is 4.49. The second kappa shape index (κ2) is 7.46. The van der Waals surface area contributed by atoms with Crippen LogP contribution in [0.3, 0.4) is 0 Å². The third-order valence-electron chi connectivity index (χ3n) is 2.31. The Morgan fingerprint density at radius 3 is 2.76 bits per heavy atom. The van der Waals surface area contributed by atoms with Gasteiger partial charge >= 0.3 is 6.18 Å². The highest BCUT2D eigenvalue weighted by molar-refractivity contribution is 6.31. The van der Waals surface area contributed by atoms with E-state index in [1.807, 2.05) is 0 Å². The molecular formula is C12H15ClF3N3O2. The van der Waals surface area contributed by atoms with E-state index in [-0.39, 0.29) is 42.4 Å². The van der Waals surface area contributed by atoms with Crippen molar-refractivity contribution in [3.63, 3.8) is 0 Å². The Bertz CT molecular complexity index is 495. The molecule has 0 aliphatic carbocycles. The van der Waals surface area contributed by atoms with Gasteiger partial charge in [-0.1, -0.05) is 11.6 Å². The largest absolute Gasteiger partial charge is 0.475 e. The molecule has 3 N–H and O–H groups in total. The van der Waals surface area contributed by atoms with Crippen LogP contribution in [-0.4, -0.2) is 30.1 Å². The number of hydrogen-bond acceptors (Lipinski definition) is 4. The van der Waals surface area contributed by atoms with Crippen molar-refractivity contribution in [2.75, 3.05) is 13.2 Å². The minimum absolute atomic E-state index is 0.0305. The number of aromatic nitrogens is 1. The van der Waals surface area contributed by atoms with Gasteiger partial charge in [-0.15, -0.1) is 0 Å². The highest BCUT2D eigenvalue weighted by Crippen LogP contribution is 2.32. The van der Waals surface area contributed by atoms with Crippen molar-refractivity contribution >= 4 is 17.5 Å². The maximum atomic E-state index is 12.4. The van der Waals surface area contributed by atoms with Crippen LogP contribution in [0.4, 0.5) is 13.2 Å². The lowest BCUT2D eigenvalue weighted by atomic mass is 10.2. The van der Waals surface area contributed by atoms with Crippen molar-refractivity contribution in [2.45, 2.75) is 25.6 Å². The van der Waals surface area contributed by atoms with Crippen molar-refractivity contribution in [1.29, 1.82) is 0 Å². The SMILES string of the molecule is CC(N)CC(=O)NCCOc1ncc(C(F)(F)F)cc1Cl. The van der Waals surface area contributed by atoms with Crippen LogP contribution in [0.15, 0.2) is 12.3 Å². The Hall–Kier alpha value is -1.54. The van der Waals surface area contributed by atoms with Crippen molar-refractivity contribution in [1.82, 2.24) is 10.3 Å². The lowest BCUT2D eigenvalue weighted by Crippen LogP contribution is -2.32. The Morgan fingerprint density at radius 2 is 2.24 bits per heavy atom. The molecule has 0 fully saturated rings. The molecule has 1 rings (SSSR count). The number of pyridine rings is 1. The average Bonchev–Trinajstić information content (AvgIpc) is 2.34. The summed E-state index contributed by atoms with van der Waals surface area (Å²) in [6, 6.07) is 0.482. The fraction of sp³-hybridized carbons (Fsp3) is 0.500. The maximum Gasteiger partial charge on any atom is 0.417 e. The number of carbonyl (C=O) groups excluding carboxylic acids is 1. The van der Waals surface area contributed by atoms with Crippen molar-refractivity contribution in [3.05, 3.63) is 22.8 Å². The van der Waals surface area contributed by atoms with E-state index in [0.29, 0.717) is 6.20 Å². The predicted octanol–water partition coefficient (Wildman–Crippen LogP) is 1.99. The molecule has 0 spiro atoms. The number of carbonyl (C=O) groups is 1. The zero-order chi connectivity index (χ0) is 16.0. The molecule has 21 heavy (non-hydrogen) atoms. The molecule has 5 nitrogen and oxygen atoms in total. The summed E-state index contributed by atoms with van der Waals surface area (Å²) >= 11 is 5.65. The molecule has 1 amide bonds. The highest BCUT2D eigenvalue weighted by Gasteiger charge is 2.31. The van der Waals surface area contributed by atoms with Crippen LogP contribution >= 0.6 is 11.6 Å². The lowest BCUT2D eigenvalue weighted by molar-refractivity contribution is -0.137. The molecule has 1 unspecified atom stereocenters. The third kappa shape index (κ3) is 6.17. The normalized spacial score (nSPS) is 12.9. The molecule has 1 aromatic rings. The molecule has 0 aromatic carbocycles. The number of alkyl halides is 3. The summed E-state index contributed by atoms with van der Waals surface area (Å²) < 4.78 is 42.3.